The number of nitrogens with one attached hydrogen (secondary N) is 1. The van der Waals surface area contributed by atoms with Crippen LogP contribution < -0.4 is 5.32 Å². The molecule has 18 heavy (non-hydrogen) atoms. The minimum Gasteiger partial charge on any atom is -0.308 e. The third kappa shape index (κ3) is 2.89. The maximum atomic E-state index is 6.31. The lowest BCUT2D eigenvalue weighted by molar-refractivity contribution is 0.375. The predicted molar refractivity (Wildman–Crippen MR) is 75.9 cm³/mol. The molecule has 2 rings (SSSR count). The number of rotatable bonds is 5. The van der Waals surface area contributed by atoms with Crippen LogP contribution in [-0.2, 0) is 13.1 Å². The molecule has 102 valence electrons. The highest BCUT2D eigenvalue weighted by atomic mass is 35.5. The first-order valence-corrected chi connectivity index (χ1v) is 7.46. The van der Waals surface area contributed by atoms with Crippen molar-refractivity contribution in [3.63, 3.8) is 0 Å². The highest BCUT2D eigenvalue weighted by Crippen LogP contribution is 2.28. The van der Waals surface area contributed by atoms with Crippen molar-refractivity contribution in [3.05, 3.63) is 16.4 Å². The van der Waals surface area contributed by atoms with Gasteiger partial charge in [-0.2, -0.15) is 5.10 Å². The first kappa shape index (κ1) is 13.9. The molecule has 1 aromatic rings. The Hall–Kier alpha value is -0.540. The van der Waals surface area contributed by atoms with E-state index in [4.69, 9.17) is 11.6 Å². The van der Waals surface area contributed by atoms with E-state index in [1.807, 2.05) is 11.6 Å². The Morgan fingerprint density at radius 1 is 1.44 bits per heavy atom. The summed E-state index contributed by atoms with van der Waals surface area (Å²) in [7, 11) is 0. The molecule has 3 nitrogen and oxygen atoms in total. The zero-order chi connectivity index (χ0) is 13.1. The molecule has 1 N–H and O–H groups in total. The summed E-state index contributed by atoms with van der Waals surface area (Å²) in [6.07, 6.45) is 5.52. The van der Waals surface area contributed by atoms with Gasteiger partial charge in [0.1, 0.15) is 0 Å². The monoisotopic (exact) mass is 269 g/mol. The number of aryl methyl sites for hydroxylation is 2. The normalized spacial score (nSPS) is 18.4. The molecular weight excluding hydrogens is 246 g/mol. The topological polar surface area (TPSA) is 29.9 Å². The van der Waals surface area contributed by atoms with Gasteiger partial charge in [0.15, 0.2) is 0 Å². The van der Waals surface area contributed by atoms with Gasteiger partial charge in [0, 0.05) is 19.1 Å². The molecular formula is C14H24ClN3. The fourth-order valence-electron chi connectivity index (χ4n) is 2.92. The summed E-state index contributed by atoms with van der Waals surface area (Å²) in [5.74, 6) is 0.836. The Bertz CT molecular complexity index is 394. The Morgan fingerprint density at radius 3 is 2.72 bits per heavy atom. The average Bonchev–Trinajstić information content (AvgIpc) is 2.97. The van der Waals surface area contributed by atoms with E-state index in [1.165, 1.54) is 25.7 Å². The van der Waals surface area contributed by atoms with E-state index in [0.717, 1.165) is 35.4 Å². The molecule has 1 aromatic heterocycles. The molecule has 1 atom stereocenters. The van der Waals surface area contributed by atoms with Crippen molar-refractivity contribution in [2.75, 3.05) is 0 Å². The molecule has 0 amide bonds. The summed E-state index contributed by atoms with van der Waals surface area (Å²) < 4.78 is 2.01. The molecule has 1 aliphatic rings. The van der Waals surface area contributed by atoms with Crippen LogP contribution in [0.5, 0.6) is 0 Å². The number of nitrogens with zero attached hydrogens (tertiary/aromatic N) is 2. The van der Waals surface area contributed by atoms with Crippen molar-refractivity contribution in [2.45, 2.75) is 65.6 Å². The molecule has 1 saturated carbocycles. The van der Waals surface area contributed by atoms with Gasteiger partial charge < -0.3 is 5.32 Å². The van der Waals surface area contributed by atoms with E-state index in [0.29, 0.717) is 6.04 Å². The van der Waals surface area contributed by atoms with Crippen molar-refractivity contribution in [1.82, 2.24) is 15.1 Å². The standard InChI is InChI=1S/C14H24ClN3/c1-4-18-13(14(15)11(3)17-18)9-16-10(2)12-7-5-6-8-12/h10,12,16H,4-9H2,1-3H3/t10-/m1/s1. The molecule has 1 fully saturated rings. The maximum absolute atomic E-state index is 6.31. The van der Waals surface area contributed by atoms with Gasteiger partial charge in [0.25, 0.3) is 0 Å². The second kappa shape index (κ2) is 6.07. The zero-order valence-electron chi connectivity index (χ0n) is 11.7. The van der Waals surface area contributed by atoms with Crippen molar-refractivity contribution in [2.24, 2.45) is 5.92 Å². The van der Waals surface area contributed by atoms with E-state index in [2.05, 4.69) is 24.3 Å². The quantitative estimate of drug-likeness (QED) is 0.886. The van der Waals surface area contributed by atoms with Gasteiger partial charge in [0.05, 0.1) is 16.4 Å². The number of hydrogen-bond acceptors (Lipinski definition) is 2. The van der Waals surface area contributed by atoms with Gasteiger partial charge in [-0.05, 0) is 39.5 Å². The van der Waals surface area contributed by atoms with E-state index >= 15 is 0 Å². The van der Waals surface area contributed by atoms with Crippen molar-refractivity contribution >= 4 is 11.6 Å². The van der Waals surface area contributed by atoms with Crippen molar-refractivity contribution in [1.29, 1.82) is 0 Å². The molecule has 0 aromatic carbocycles. The Kier molecular flexibility index (Phi) is 4.68. The van der Waals surface area contributed by atoms with Crippen LogP contribution in [0.3, 0.4) is 0 Å². The van der Waals surface area contributed by atoms with Crippen LogP contribution in [0, 0.1) is 12.8 Å². The number of aromatic nitrogens is 2. The summed E-state index contributed by atoms with van der Waals surface area (Å²) in [6.45, 7) is 8.07. The van der Waals surface area contributed by atoms with Crippen LogP contribution in [0.25, 0.3) is 0 Å². The molecule has 0 spiro atoms. The Balaban J connectivity index is 1.96. The highest BCUT2D eigenvalue weighted by Gasteiger charge is 2.22. The summed E-state index contributed by atoms with van der Waals surface area (Å²) in [5.41, 5.74) is 2.06. The summed E-state index contributed by atoms with van der Waals surface area (Å²) in [5, 5.41) is 8.90. The smallest absolute Gasteiger partial charge is 0.0860 e. The lowest BCUT2D eigenvalue weighted by Crippen LogP contribution is -2.32. The Labute approximate surface area is 115 Å². The molecule has 1 heterocycles. The summed E-state index contributed by atoms with van der Waals surface area (Å²) in [4.78, 5) is 0. The molecule has 0 bridgehead atoms. The molecule has 0 aliphatic heterocycles. The van der Waals surface area contributed by atoms with Gasteiger partial charge in [0.2, 0.25) is 0 Å². The van der Waals surface area contributed by atoms with Gasteiger partial charge >= 0.3 is 0 Å². The first-order chi connectivity index (χ1) is 8.63. The molecule has 0 radical (unpaired) electrons. The molecule has 1 aliphatic carbocycles. The average molecular weight is 270 g/mol. The summed E-state index contributed by atoms with van der Waals surface area (Å²) >= 11 is 6.31. The zero-order valence-corrected chi connectivity index (χ0v) is 12.4. The predicted octanol–water partition coefficient (Wildman–Crippen LogP) is 3.53. The van der Waals surface area contributed by atoms with Gasteiger partial charge in [-0.3, -0.25) is 4.68 Å². The van der Waals surface area contributed by atoms with Crippen LogP contribution in [0.1, 0.15) is 50.9 Å². The van der Waals surface area contributed by atoms with Crippen LogP contribution in [0.15, 0.2) is 0 Å². The number of halogens is 1. The van der Waals surface area contributed by atoms with Crippen LogP contribution >= 0.6 is 11.6 Å². The van der Waals surface area contributed by atoms with Crippen LogP contribution in [0.4, 0.5) is 0 Å². The lowest BCUT2D eigenvalue weighted by Gasteiger charge is -2.20. The molecule has 0 saturated heterocycles. The van der Waals surface area contributed by atoms with Gasteiger partial charge in [-0.1, -0.05) is 24.4 Å². The van der Waals surface area contributed by atoms with E-state index in [-0.39, 0.29) is 0 Å². The van der Waals surface area contributed by atoms with Crippen molar-refractivity contribution < 1.29 is 0 Å². The second-order valence-corrected chi connectivity index (χ2v) is 5.75. The van der Waals surface area contributed by atoms with Gasteiger partial charge in [-0.15, -0.1) is 0 Å². The summed E-state index contributed by atoms with van der Waals surface area (Å²) in [6, 6.07) is 0.573. The second-order valence-electron chi connectivity index (χ2n) is 5.38. The van der Waals surface area contributed by atoms with Crippen LogP contribution in [-0.4, -0.2) is 15.8 Å². The lowest BCUT2D eigenvalue weighted by atomic mass is 10.00. The van der Waals surface area contributed by atoms with E-state index < -0.39 is 0 Å². The Morgan fingerprint density at radius 2 is 2.11 bits per heavy atom. The minimum atomic E-state index is 0.573. The van der Waals surface area contributed by atoms with Crippen LogP contribution in [0.2, 0.25) is 5.02 Å². The van der Waals surface area contributed by atoms with Crippen molar-refractivity contribution in [3.8, 4) is 0 Å². The van der Waals surface area contributed by atoms with Gasteiger partial charge in [-0.25, -0.2) is 0 Å². The third-order valence-corrected chi connectivity index (χ3v) is 4.64. The molecule has 4 heteroatoms. The maximum Gasteiger partial charge on any atom is 0.0860 e. The number of hydrogen-bond donors (Lipinski definition) is 1. The third-order valence-electron chi connectivity index (χ3n) is 4.15. The molecule has 0 unspecified atom stereocenters. The fourth-order valence-corrected chi connectivity index (χ4v) is 3.12. The first-order valence-electron chi connectivity index (χ1n) is 7.08. The minimum absolute atomic E-state index is 0.573. The SMILES string of the molecule is CCn1nc(C)c(Cl)c1CN[C@H](C)C1CCCC1. The largest absolute Gasteiger partial charge is 0.308 e. The highest BCUT2D eigenvalue weighted by molar-refractivity contribution is 6.31. The van der Waals surface area contributed by atoms with E-state index in [1.54, 1.807) is 0 Å². The van der Waals surface area contributed by atoms with E-state index in [9.17, 15) is 0 Å². The fraction of sp³-hybridized carbons (Fsp3) is 0.786.